The molecule has 1 aromatic heterocycles. The average molecular weight is 171 g/mol. The lowest BCUT2D eigenvalue weighted by Gasteiger charge is -2.34. The molecule has 0 bridgehead atoms. The van der Waals surface area contributed by atoms with Crippen LogP contribution in [-0.4, -0.2) is 23.3 Å². The first-order chi connectivity index (χ1) is 5.21. The summed E-state index contributed by atoms with van der Waals surface area (Å²) >= 11 is 1.53. The van der Waals surface area contributed by atoms with Crippen molar-refractivity contribution in [1.82, 2.24) is 4.98 Å². The van der Waals surface area contributed by atoms with Gasteiger partial charge >= 0.3 is 0 Å². The summed E-state index contributed by atoms with van der Waals surface area (Å²) in [6.45, 7) is 2.75. The Morgan fingerprint density at radius 3 is 2.82 bits per heavy atom. The molecule has 0 amide bonds. The fourth-order valence-electron chi connectivity index (χ4n) is 1.01. The van der Waals surface area contributed by atoms with Crippen molar-refractivity contribution in [2.24, 2.45) is 0 Å². The van der Waals surface area contributed by atoms with E-state index >= 15 is 0 Å². The highest BCUT2D eigenvalue weighted by atomic mass is 32.1. The Balaban J connectivity index is 2.28. The Bertz CT molecular complexity index is 267. The topological polar surface area (TPSA) is 42.4 Å². The number of hydrogen-bond acceptors (Lipinski definition) is 4. The van der Waals surface area contributed by atoms with Gasteiger partial charge in [0.25, 0.3) is 0 Å². The molecular formula is C7H9NO2S. The van der Waals surface area contributed by atoms with Gasteiger partial charge < -0.3 is 9.84 Å². The highest BCUT2D eigenvalue weighted by Gasteiger charge is 2.39. The Hall–Kier alpha value is -0.450. The highest BCUT2D eigenvalue weighted by molar-refractivity contribution is 7.11. The predicted molar refractivity (Wildman–Crippen MR) is 41.6 cm³/mol. The largest absolute Gasteiger partial charge is 0.379 e. The number of aliphatic hydroxyl groups is 1. The molecular weight excluding hydrogens is 162 g/mol. The van der Waals surface area contributed by atoms with Crippen LogP contribution in [0.1, 0.15) is 9.88 Å². The summed E-state index contributed by atoms with van der Waals surface area (Å²) in [4.78, 5) is 4.99. The van der Waals surface area contributed by atoms with Gasteiger partial charge in [0, 0.05) is 6.20 Å². The summed E-state index contributed by atoms with van der Waals surface area (Å²) in [6.07, 6.45) is 1.72. The first-order valence-electron chi connectivity index (χ1n) is 3.44. The van der Waals surface area contributed by atoms with Crippen LogP contribution in [0, 0.1) is 6.92 Å². The van der Waals surface area contributed by atoms with Gasteiger partial charge in [0.2, 0.25) is 0 Å². The van der Waals surface area contributed by atoms with Gasteiger partial charge in [-0.15, -0.1) is 11.3 Å². The van der Waals surface area contributed by atoms with Crippen molar-refractivity contribution < 1.29 is 9.84 Å². The summed E-state index contributed by atoms with van der Waals surface area (Å²) < 4.78 is 4.93. The van der Waals surface area contributed by atoms with Crippen LogP contribution in [0.25, 0.3) is 0 Å². The Morgan fingerprint density at radius 2 is 2.45 bits per heavy atom. The second-order valence-corrected chi connectivity index (χ2v) is 4.00. The molecule has 1 aliphatic heterocycles. The molecule has 0 atom stereocenters. The van der Waals surface area contributed by atoms with Crippen LogP contribution in [-0.2, 0) is 10.3 Å². The molecule has 11 heavy (non-hydrogen) atoms. The molecule has 1 aromatic rings. The molecule has 0 spiro atoms. The zero-order valence-corrected chi connectivity index (χ0v) is 7.02. The van der Waals surface area contributed by atoms with E-state index < -0.39 is 5.60 Å². The standard InChI is InChI=1S/C7H9NO2S/c1-5-8-2-6(11-5)7(9)3-10-4-7/h2,9H,3-4H2,1H3. The third-order valence-electron chi connectivity index (χ3n) is 1.76. The smallest absolute Gasteiger partial charge is 0.147 e. The minimum Gasteiger partial charge on any atom is -0.379 e. The van der Waals surface area contributed by atoms with E-state index in [0.29, 0.717) is 13.2 Å². The summed E-state index contributed by atoms with van der Waals surface area (Å²) in [7, 11) is 0. The van der Waals surface area contributed by atoms with Gasteiger partial charge in [0.15, 0.2) is 0 Å². The van der Waals surface area contributed by atoms with E-state index in [0.717, 1.165) is 9.88 Å². The molecule has 2 rings (SSSR count). The van der Waals surface area contributed by atoms with Crippen molar-refractivity contribution in [3.63, 3.8) is 0 Å². The maximum absolute atomic E-state index is 9.74. The van der Waals surface area contributed by atoms with Crippen molar-refractivity contribution in [2.75, 3.05) is 13.2 Å². The van der Waals surface area contributed by atoms with E-state index in [4.69, 9.17) is 4.74 Å². The van der Waals surface area contributed by atoms with Crippen LogP contribution in [0.5, 0.6) is 0 Å². The zero-order chi connectivity index (χ0) is 7.90. The van der Waals surface area contributed by atoms with Crippen LogP contribution in [0.4, 0.5) is 0 Å². The van der Waals surface area contributed by atoms with Gasteiger partial charge in [-0.25, -0.2) is 4.98 Å². The van der Waals surface area contributed by atoms with Crippen molar-refractivity contribution in [3.05, 3.63) is 16.1 Å². The Morgan fingerprint density at radius 1 is 1.73 bits per heavy atom. The van der Waals surface area contributed by atoms with Crippen molar-refractivity contribution >= 4 is 11.3 Å². The van der Waals surface area contributed by atoms with Gasteiger partial charge in [-0.2, -0.15) is 0 Å². The lowest BCUT2D eigenvalue weighted by molar-refractivity contribution is -0.182. The SMILES string of the molecule is Cc1ncc(C2(O)COC2)s1. The fraction of sp³-hybridized carbons (Fsp3) is 0.571. The monoisotopic (exact) mass is 171 g/mol. The molecule has 0 saturated carbocycles. The molecule has 0 unspecified atom stereocenters. The van der Waals surface area contributed by atoms with Crippen LogP contribution >= 0.6 is 11.3 Å². The van der Waals surface area contributed by atoms with Crippen molar-refractivity contribution in [2.45, 2.75) is 12.5 Å². The maximum Gasteiger partial charge on any atom is 0.147 e. The lowest BCUT2D eigenvalue weighted by Crippen LogP contribution is -2.45. The van der Waals surface area contributed by atoms with Gasteiger partial charge in [-0.05, 0) is 6.92 Å². The number of thiazole rings is 1. The second-order valence-electron chi connectivity index (χ2n) is 2.77. The number of ether oxygens (including phenoxy) is 1. The molecule has 4 heteroatoms. The van der Waals surface area contributed by atoms with Gasteiger partial charge in [-0.3, -0.25) is 0 Å². The predicted octanol–water partition coefficient (Wildman–Crippen LogP) is 0.669. The van der Waals surface area contributed by atoms with E-state index in [-0.39, 0.29) is 0 Å². The molecule has 1 N–H and O–H groups in total. The van der Waals surface area contributed by atoms with E-state index in [1.54, 1.807) is 6.20 Å². The highest BCUT2D eigenvalue weighted by Crippen LogP contribution is 2.32. The maximum atomic E-state index is 9.74. The molecule has 0 radical (unpaired) electrons. The molecule has 1 aliphatic rings. The quantitative estimate of drug-likeness (QED) is 0.675. The van der Waals surface area contributed by atoms with E-state index in [2.05, 4.69) is 4.98 Å². The van der Waals surface area contributed by atoms with Gasteiger partial charge in [0.05, 0.1) is 23.1 Å². The Kier molecular flexibility index (Phi) is 1.49. The summed E-state index contributed by atoms with van der Waals surface area (Å²) in [6, 6.07) is 0. The zero-order valence-electron chi connectivity index (χ0n) is 6.20. The van der Waals surface area contributed by atoms with Gasteiger partial charge in [0.1, 0.15) is 5.60 Å². The normalized spacial score (nSPS) is 21.3. The Labute approximate surface area is 68.7 Å². The lowest BCUT2D eigenvalue weighted by atomic mass is 10.0. The fourth-order valence-corrected chi connectivity index (χ4v) is 1.85. The van der Waals surface area contributed by atoms with Crippen LogP contribution in [0.15, 0.2) is 6.20 Å². The summed E-state index contributed by atoms with van der Waals surface area (Å²) in [5.41, 5.74) is -0.730. The van der Waals surface area contributed by atoms with E-state index in [1.165, 1.54) is 11.3 Å². The van der Waals surface area contributed by atoms with Gasteiger partial charge in [-0.1, -0.05) is 0 Å². The molecule has 60 valence electrons. The molecule has 1 saturated heterocycles. The third-order valence-corrected chi connectivity index (χ3v) is 2.87. The third kappa shape index (κ3) is 1.07. The van der Waals surface area contributed by atoms with E-state index in [9.17, 15) is 5.11 Å². The number of hydrogen-bond donors (Lipinski definition) is 1. The van der Waals surface area contributed by atoms with E-state index in [1.807, 2.05) is 6.92 Å². The minimum atomic E-state index is -0.730. The molecule has 2 heterocycles. The summed E-state index contributed by atoms with van der Waals surface area (Å²) in [5, 5.41) is 10.7. The minimum absolute atomic E-state index is 0.411. The molecule has 3 nitrogen and oxygen atoms in total. The van der Waals surface area contributed by atoms with Crippen LogP contribution < -0.4 is 0 Å². The number of nitrogens with zero attached hydrogens (tertiary/aromatic N) is 1. The molecule has 0 aromatic carbocycles. The first-order valence-corrected chi connectivity index (χ1v) is 4.25. The van der Waals surface area contributed by atoms with Crippen molar-refractivity contribution in [1.29, 1.82) is 0 Å². The second kappa shape index (κ2) is 2.27. The molecule has 1 fully saturated rings. The number of rotatable bonds is 1. The first kappa shape index (κ1) is 7.21. The summed E-state index contributed by atoms with van der Waals surface area (Å²) in [5.74, 6) is 0. The number of aryl methyl sites for hydroxylation is 1. The average Bonchev–Trinajstić information content (AvgIpc) is 2.31. The van der Waals surface area contributed by atoms with Crippen LogP contribution in [0.2, 0.25) is 0 Å². The van der Waals surface area contributed by atoms with Crippen molar-refractivity contribution in [3.8, 4) is 0 Å². The number of aromatic nitrogens is 1. The van der Waals surface area contributed by atoms with Crippen LogP contribution in [0.3, 0.4) is 0 Å². The molecule has 0 aliphatic carbocycles.